The minimum atomic E-state index is -0.643. The van der Waals surface area contributed by atoms with Gasteiger partial charge in [0, 0.05) is 13.8 Å². The van der Waals surface area contributed by atoms with E-state index >= 15 is 0 Å². The van der Waals surface area contributed by atoms with Crippen LogP contribution in [0.25, 0.3) is 22.2 Å². The molecule has 0 aliphatic rings. The van der Waals surface area contributed by atoms with E-state index in [0.717, 1.165) is 32.9 Å². The van der Waals surface area contributed by atoms with Crippen molar-refractivity contribution in [3.05, 3.63) is 84.3 Å². The lowest BCUT2D eigenvalue weighted by Crippen LogP contribution is -2.32. The summed E-state index contributed by atoms with van der Waals surface area (Å²) in [5.41, 5.74) is 4.37. The highest BCUT2D eigenvalue weighted by Crippen LogP contribution is 2.27. The molecule has 0 saturated heterocycles. The van der Waals surface area contributed by atoms with Crippen molar-refractivity contribution in [3.63, 3.8) is 0 Å². The third-order valence-electron chi connectivity index (χ3n) is 5.18. The van der Waals surface area contributed by atoms with Crippen LogP contribution in [0.1, 0.15) is 38.3 Å². The van der Waals surface area contributed by atoms with Gasteiger partial charge in [-0.05, 0) is 47.9 Å². The van der Waals surface area contributed by atoms with Crippen LogP contribution in [0.5, 0.6) is 5.75 Å². The van der Waals surface area contributed by atoms with Crippen molar-refractivity contribution in [2.24, 2.45) is 0 Å². The van der Waals surface area contributed by atoms with Gasteiger partial charge >= 0.3 is 5.97 Å². The highest BCUT2D eigenvalue weighted by atomic mass is 17.3. The van der Waals surface area contributed by atoms with Gasteiger partial charge < -0.3 is 9.15 Å². The van der Waals surface area contributed by atoms with Crippen LogP contribution in [0.2, 0.25) is 0 Å². The molecule has 0 radical (unpaired) electrons. The molecular weight excluding hydrogens is 436 g/mol. The number of benzene rings is 3. The predicted octanol–water partition coefficient (Wildman–Crippen LogP) is 5.39. The molecule has 0 aliphatic carbocycles. The van der Waals surface area contributed by atoms with Crippen molar-refractivity contribution < 1.29 is 28.6 Å². The Morgan fingerprint density at radius 2 is 1.59 bits per heavy atom. The van der Waals surface area contributed by atoms with Gasteiger partial charge in [0.1, 0.15) is 11.3 Å². The van der Waals surface area contributed by atoms with Crippen LogP contribution in [-0.4, -0.2) is 21.9 Å². The maximum atomic E-state index is 11.9. The van der Waals surface area contributed by atoms with E-state index in [1.54, 1.807) is 6.92 Å². The number of hydrogen-bond acceptors (Lipinski definition) is 7. The third kappa shape index (κ3) is 5.41. The molecule has 0 N–H and O–H groups in total. The Kier molecular flexibility index (Phi) is 6.89. The van der Waals surface area contributed by atoms with Crippen LogP contribution in [0, 0.1) is 0 Å². The number of fused-ring (bicyclic) bond motifs is 1. The first-order valence-corrected chi connectivity index (χ1v) is 10.7. The van der Waals surface area contributed by atoms with E-state index in [1.165, 1.54) is 13.8 Å². The standard InChI is InChI=1S/C26H24N2O6/c1-17(28(18(2)29)34-33-19(3)30)20-8-10-21(11-9-20)22-12-14-23(15-13-22)31-16-26-27-24-6-4-5-7-25(24)32-26/h4-15,17H,16H2,1-3H3. The van der Waals surface area contributed by atoms with Gasteiger partial charge in [-0.15, -0.1) is 0 Å². The molecule has 1 unspecified atom stereocenters. The smallest absolute Gasteiger partial charge is 0.342 e. The first kappa shape index (κ1) is 23.0. The van der Waals surface area contributed by atoms with Crippen molar-refractivity contribution in [1.29, 1.82) is 0 Å². The summed E-state index contributed by atoms with van der Waals surface area (Å²) >= 11 is 0. The Hall–Kier alpha value is -4.17. The molecule has 0 aliphatic heterocycles. The molecule has 4 aromatic rings. The second kappa shape index (κ2) is 10.2. The highest BCUT2D eigenvalue weighted by molar-refractivity contribution is 5.73. The molecule has 34 heavy (non-hydrogen) atoms. The zero-order valence-electron chi connectivity index (χ0n) is 19.1. The second-order valence-electron chi connectivity index (χ2n) is 7.68. The Balaban J connectivity index is 1.39. The number of hydrogen-bond donors (Lipinski definition) is 0. The Morgan fingerprint density at radius 3 is 2.21 bits per heavy atom. The number of carbonyl (C=O) groups excluding carboxylic acids is 2. The van der Waals surface area contributed by atoms with Crippen molar-refractivity contribution in [2.45, 2.75) is 33.4 Å². The fourth-order valence-electron chi connectivity index (χ4n) is 3.44. The van der Waals surface area contributed by atoms with Gasteiger partial charge in [-0.1, -0.05) is 53.5 Å². The Morgan fingerprint density at radius 1 is 0.941 bits per heavy atom. The molecule has 3 aromatic carbocycles. The Bertz CT molecular complexity index is 1250. The summed E-state index contributed by atoms with van der Waals surface area (Å²) in [5, 5.41) is 1.01. The zero-order valence-corrected chi connectivity index (χ0v) is 19.1. The molecule has 8 nitrogen and oxygen atoms in total. The monoisotopic (exact) mass is 460 g/mol. The number of carbonyl (C=O) groups is 2. The normalized spacial score (nSPS) is 11.7. The van der Waals surface area contributed by atoms with Crippen LogP contribution >= 0.6 is 0 Å². The molecule has 0 saturated carbocycles. The summed E-state index contributed by atoms with van der Waals surface area (Å²) < 4.78 is 11.5. The number of ether oxygens (including phenoxy) is 1. The average Bonchev–Trinajstić information content (AvgIpc) is 3.26. The van der Waals surface area contributed by atoms with E-state index in [9.17, 15) is 9.59 Å². The quantitative estimate of drug-likeness (QED) is 0.257. The van der Waals surface area contributed by atoms with Crippen molar-refractivity contribution in [1.82, 2.24) is 10.0 Å². The highest BCUT2D eigenvalue weighted by Gasteiger charge is 2.22. The molecule has 1 atom stereocenters. The van der Waals surface area contributed by atoms with Crippen molar-refractivity contribution in [3.8, 4) is 16.9 Å². The van der Waals surface area contributed by atoms with Crippen LogP contribution in [0.3, 0.4) is 0 Å². The van der Waals surface area contributed by atoms with E-state index in [2.05, 4.69) is 9.87 Å². The maximum Gasteiger partial charge on any atom is 0.342 e. The number of amides is 1. The van der Waals surface area contributed by atoms with Crippen LogP contribution in [-0.2, 0) is 26.1 Å². The van der Waals surface area contributed by atoms with Crippen LogP contribution in [0.4, 0.5) is 0 Å². The summed E-state index contributed by atoms with van der Waals surface area (Å²) in [6.45, 7) is 4.55. The van der Waals surface area contributed by atoms with Gasteiger partial charge in [0.25, 0.3) is 0 Å². The second-order valence-corrected chi connectivity index (χ2v) is 7.68. The minimum absolute atomic E-state index is 0.239. The number of oxazole rings is 1. The summed E-state index contributed by atoms with van der Waals surface area (Å²) in [6, 6.07) is 22.5. The molecule has 174 valence electrons. The first-order chi connectivity index (χ1) is 16.4. The van der Waals surface area contributed by atoms with E-state index in [1.807, 2.05) is 72.8 Å². The van der Waals surface area contributed by atoms with Gasteiger partial charge in [-0.2, -0.15) is 5.06 Å². The number of hydroxylamine groups is 2. The number of rotatable bonds is 8. The SMILES string of the molecule is CC(=O)OON(C(C)=O)C(C)c1ccc(-c2ccc(OCc3nc4ccccc4o3)cc2)cc1. The molecule has 1 amide bonds. The number of para-hydroxylation sites is 2. The summed E-state index contributed by atoms with van der Waals surface area (Å²) in [5.74, 6) is 0.199. The molecule has 8 heteroatoms. The largest absolute Gasteiger partial charge is 0.484 e. The topological polar surface area (TPSA) is 91.1 Å². The van der Waals surface area contributed by atoms with E-state index in [-0.39, 0.29) is 12.5 Å². The lowest BCUT2D eigenvalue weighted by molar-refractivity contribution is -0.390. The number of nitrogens with zero attached hydrogens (tertiary/aromatic N) is 2. The van der Waals surface area contributed by atoms with Gasteiger partial charge in [0.2, 0.25) is 11.8 Å². The van der Waals surface area contributed by atoms with Crippen molar-refractivity contribution in [2.75, 3.05) is 0 Å². The molecular formula is C26H24N2O6. The van der Waals surface area contributed by atoms with Crippen LogP contribution in [0.15, 0.2) is 77.2 Å². The third-order valence-corrected chi connectivity index (χ3v) is 5.18. The molecule has 1 heterocycles. The summed E-state index contributed by atoms with van der Waals surface area (Å²) in [7, 11) is 0. The fraction of sp³-hybridized carbons (Fsp3) is 0.192. The predicted molar refractivity (Wildman–Crippen MR) is 124 cm³/mol. The van der Waals surface area contributed by atoms with E-state index in [0.29, 0.717) is 11.6 Å². The zero-order chi connectivity index (χ0) is 24.1. The average molecular weight is 460 g/mol. The molecule has 0 fully saturated rings. The molecule has 0 spiro atoms. The first-order valence-electron chi connectivity index (χ1n) is 10.7. The van der Waals surface area contributed by atoms with Gasteiger partial charge in [-0.25, -0.2) is 9.78 Å². The van der Waals surface area contributed by atoms with Crippen molar-refractivity contribution >= 4 is 23.0 Å². The summed E-state index contributed by atoms with van der Waals surface area (Å²) in [4.78, 5) is 36.7. The summed E-state index contributed by atoms with van der Waals surface area (Å²) in [6.07, 6.45) is 0. The molecule has 1 aromatic heterocycles. The minimum Gasteiger partial charge on any atom is -0.484 e. The number of aromatic nitrogens is 1. The molecule has 4 rings (SSSR count). The lowest BCUT2D eigenvalue weighted by Gasteiger charge is -2.24. The van der Waals surface area contributed by atoms with Crippen LogP contribution < -0.4 is 4.74 Å². The maximum absolute atomic E-state index is 11.9. The molecule has 0 bridgehead atoms. The van der Waals surface area contributed by atoms with Gasteiger partial charge in [0.15, 0.2) is 12.2 Å². The Labute approximate surface area is 196 Å². The fourth-order valence-corrected chi connectivity index (χ4v) is 3.44. The van der Waals surface area contributed by atoms with Gasteiger partial charge in [-0.3, -0.25) is 9.68 Å². The van der Waals surface area contributed by atoms with E-state index < -0.39 is 12.0 Å². The lowest BCUT2D eigenvalue weighted by atomic mass is 10.0. The van der Waals surface area contributed by atoms with Gasteiger partial charge in [0.05, 0.1) is 6.04 Å². The van der Waals surface area contributed by atoms with E-state index in [4.69, 9.17) is 14.1 Å².